The van der Waals surface area contributed by atoms with Crippen molar-refractivity contribution in [1.82, 2.24) is 4.98 Å². The van der Waals surface area contributed by atoms with E-state index in [4.69, 9.17) is 14.6 Å². The number of aromatic nitrogens is 1. The van der Waals surface area contributed by atoms with E-state index in [-0.39, 0.29) is 12.2 Å². The molecule has 1 unspecified atom stereocenters. The van der Waals surface area contributed by atoms with E-state index in [9.17, 15) is 4.79 Å². The van der Waals surface area contributed by atoms with Gasteiger partial charge in [0, 0.05) is 17.3 Å². The molecule has 1 aromatic rings. The molecule has 0 saturated carbocycles. The molecule has 2 heterocycles. The lowest BCUT2D eigenvalue weighted by molar-refractivity contribution is -0.139. The second-order valence-corrected chi connectivity index (χ2v) is 5.72. The first kappa shape index (κ1) is 15.8. The molecule has 21 heavy (non-hydrogen) atoms. The molecule has 0 spiro atoms. The predicted octanol–water partition coefficient (Wildman–Crippen LogP) is 3.18. The van der Waals surface area contributed by atoms with Crippen LogP contribution in [0.5, 0.6) is 5.75 Å². The molecule has 1 aliphatic heterocycles. The second kappa shape index (κ2) is 6.43. The Kier molecular flexibility index (Phi) is 4.83. The molecule has 2 rings (SSSR count). The van der Waals surface area contributed by atoms with Crippen molar-refractivity contribution in [2.75, 3.05) is 6.61 Å². The van der Waals surface area contributed by atoms with Crippen molar-refractivity contribution in [2.24, 2.45) is 0 Å². The zero-order valence-electron chi connectivity index (χ0n) is 12.9. The first-order valence-electron chi connectivity index (χ1n) is 7.45. The molecular weight excluding hydrogens is 270 g/mol. The molecule has 0 radical (unpaired) electrons. The Morgan fingerprint density at radius 1 is 1.52 bits per heavy atom. The Labute approximate surface area is 125 Å². The highest BCUT2D eigenvalue weighted by atomic mass is 16.5. The van der Waals surface area contributed by atoms with E-state index in [1.165, 1.54) is 12.8 Å². The van der Waals surface area contributed by atoms with Crippen molar-refractivity contribution >= 4 is 5.97 Å². The fourth-order valence-electron chi connectivity index (χ4n) is 2.79. The van der Waals surface area contributed by atoms with Gasteiger partial charge in [-0.15, -0.1) is 0 Å². The minimum atomic E-state index is -0.989. The Balaban J connectivity index is 2.24. The van der Waals surface area contributed by atoms with Gasteiger partial charge in [0.25, 0.3) is 0 Å². The molecule has 0 aliphatic carbocycles. The molecular formula is C16H23NO4. The number of nitrogens with zero attached hydrogens (tertiary/aromatic N) is 1. The number of rotatable bonds is 7. The molecule has 0 aromatic carbocycles. The van der Waals surface area contributed by atoms with Crippen molar-refractivity contribution in [3.63, 3.8) is 0 Å². The van der Waals surface area contributed by atoms with Crippen LogP contribution in [0.2, 0.25) is 0 Å². The standard InChI is InChI=1S/C16H23NO4/c1-4-5-6-7-16(3)13-8-17-11(2)15(12(13)9-21-16)20-10-14(18)19/h8H,4-7,9-10H2,1-3H3,(H,18,19). The molecule has 1 aromatic heterocycles. The van der Waals surface area contributed by atoms with E-state index in [0.29, 0.717) is 18.1 Å². The Morgan fingerprint density at radius 3 is 2.95 bits per heavy atom. The van der Waals surface area contributed by atoms with E-state index in [0.717, 1.165) is 24.0 Å². The van der Waals surface area contributed by atoms with Gasteiger partial charge in [0.1, 0.15) is 5.75 Å². The lowest BCUT2D eigenvalue weighted by Crippen LogP contribution is -2.21. The third kappa shape index (κ3) is 3.35. The van der Waals surface area contributed by atoms with Crippen LogP contribution in [0.1, 0.15) is 56.4 Å². The maximum absolute atomic E-state index is 10.7. The number of hydrogen-bond acceptors (Lipinski definition) is 4. The lowest BCUT2D eigenvalue weighted by Gasteiger charge is -2.24. The Bertz CT molecular complexity index is 529. The zero-order chi connectivity index (χ0) is 15.5. The first-order chi connectivity index (χ1) is 9.98. The summed E-state index contributed by atoms with van der Waals surface area (Å²) in [5.74, 6) is -0.425. The maximum atomic E-state index is 10.7. The average Bonchev–Trinajstić information content (AvgIpc) is 2.76. The molecule has 5 heteroatoms. The Hall–Kier alpha value is -1.62. The number of carboxylic acids is 1. The van der Waals surface area contributed by atoms with Crippen molar-refractivity contribution in [1.29, 1.82) is 0 Å². The first-order valence-corrected chi connectivity index (χ1v) is 7.45. The summed E-state index contributed by atoms with van der Waals surface area (Å²) in [6.45, 7) is 6.17. The topological polar surface area (TPSA) is 68.7 Å². The zero-order valence-corrected chi connectivity index (χ0v) is 12.9. The van der Waals surface area contributed by atoms with Crippen LogP contribution in [-0.4, -0.2) is 22.7 Å². The van der Waals surface area contributed by atoms with Gasteiger partial charge in [-0.25, -0.2) is 4.79 Å². The molecule has 1 aliphatic rings. The molecule has 1 atom stereocenters. The summed E-state index contributed by atoms with van der Waals surface area (Å²) in [6, 6.07) is 0. The second-order valence-electron chi connectivity index (χ2n) is 5.72. The summed E-state index contributed by atoms with van der Waals surface area (Å²) in [6.07, 6.45) is 6.23. The third-order valence-electron chi connectivity index (χ3n) is 4.02. The number of ether oxygens (including phenoxy) is 2. The molecule has 0 amide bonds. The smallest absolute Gasteiger partial charge is 0.341 e. The minimum Gasteiger partial charge on any atom is -0.480 e. The largest absolute Gasteiger partial charge is 0.480 e. The van der Waals surface area contributed by atoms with Gasteiger partial charge < -0.3 is 14.6 Å². The quantitative estimate of drug-likeness (QED) is 0.782. The van der Waals surface area contributed by atoms with Crippen LogP contribution in [-0.2, 0) is 21.7 Å². The van der Waals surface area contributed by atoms with E-state index in [2.05, 4.69) is 18.8 Å². The van der Waals surface area contributed by atoms with Gasteiger partial charge in [0.05, 0.1) is 17.9 Å². The number of hydrogen-bond donors (Lipinski definition) is 1. The SMILES string of the molecule is CCCCCC1(C)OCc2c1cnc(C)c2OCC(=O)O. The third-order valence-corrected chi connectivity index (χ3v) is 4.02. The maximum Gasteiger partial charge on any atom is 0.341 e. The normalized spacial score (nSPS) is 20.3. The molecule has 0 bridgehead atoms. The minimum absolute atomic E-state index is 0.341. The fraction of sp³-hybridized carbons (Fsp3) is 0.625. The van der Waals surface area contributed by atoms with Crippen molar-refractivity contribution in [3.8, 4) is 5.75 Å². The molecule has 116 valence electrons. The van der Waals surface area contributed by atoms with Gasteiger partial charge in [-0.1, -0.05) is 26.2 Å². The van der Waals surface area contributed by atoms with Crippen LogP contribution in [0.15, 0.2) is 6.20 Å². The number of fused-ring (bicyclic) bond motifs is 1. The van der Waals surface area contributed by atoms with Crippen LogP contribution in [0, 0.1) is 6.92 Å². The number of aliphatic carboxylic acids is 1. The van der Waals surface area contributed by atoms with Gasteiger partial charge in [-0.2, -0.15) is 0 Å². The summed E-state index contributed by atoms with van der Waals surface area (Å²) in [5.41, 5.74) is 2.34. The summed E-state index contributed by atoms with van der Waals surface area (Å²) in [4.78, 5) is 15.1. The molecule has 5 nitrogen and oxygen atoms in total. The van der Waals surface area contributed by atoms with Crippen LogP contribution in [0.3, 0.4) is 0 Å². The Morgan fingerprint density at radius 2 is 2.29 bits per heavy atom. The average molecular weight is 293 g/mol. The van der Waals surface area contributed by atoms with E-state index in [1.807, 2.05) is 13.1 Å². The van der Waals surface area contributed by atoms with Crippen molar-refractivity contribution in [2.45, 2.75) is 58.7 Å². The van der Waals surface area contributed by atoms with Crippen molar-refractivity contribution < 1.29 is 19.4 Å². The molecule has 0 fully saturated rings. The van der Waals surface area contributed by atoms with E-state index < -0.39 is 5.97 Å². The van der Waals surface area contributed by atoms with E-state index in [1.54, 1.807) is 0 Å². The van der Waals surface area contributed by atoms with Crippen LogP contribution in [0.25, 0.3) is 0 Å². The highest BCUT2D eigenvalue weighted by Crippen LogP contribution is 2.44. The highest BCUT2D eigenvalue weighted by molar-refractivity contribution is 5.68. The number of aryl methyl sites for hydroxylation is 1. The fourth-order valence-corrected chi connectivity index (χ4v) is 2.79. The highest BCUT2D eigenvalue weighted by Gasteiger charge is 2.37. The van der Waals surface area contributed by atoms with Crippen LogP contribution in [0.4, 0.5) is 0 Å². The predicted molar refractivity (Wildman–Crippen MR) is 78.4 cm³/mol. The van der Waals surface area contributed by atoms with Gasteiger partial charge in [-0.3, -0.25) is 4.98 Å². The van der Waals surface area contributed by atoms with Crippen LogP contribution < -0.4 is 4.74 Å². The van der Waals surface area contributed by atoms with Crippen molar-refractivity contribution in [3.05, 3.63) is 23.0 Å². The molecule has 1 N–H and O–H groups in total. The summed E-state index contributed by atoms with van der Waals surface area (Å²) in [7, 11) is 0. The van der Waals surface area contributed by atoms with Gasteiger partial charge >= 0.3 is 5.97 Å². The van der Waals surface area contributed by atoms with E-state index >= 15 is 0 Å². The van der Waals surface area contributed by atoms with Gasteiger partial charge in [0.2, 0.25) is 0 Å². The van der Waals surface area contributed by atoms with Gasteiger partial charge in [0.15, 0.2) is 6.61 Å². The lowest BCUT2D eigenvalue weighted by atomic mass is 9.90. The number of carbonyl (C=O) groups is 1. The summed E-state index contributed by atoms with van der Waals surface area (Å²) < 4.78 is 11.4. The number of carboxylic acid groups (broad SMARTS) is 1. The monoisotopic (exact) mass is 293 g/mol. The summed E-state index contributed by atoms with van der Waals surface area (Å²) >= 11 is 0. The summed E-state index contributed by atoms with van der Waals surface area (Å²) in [5, 5.41) is 8.78. The number of pyridine rings is 1. The molecule has 0 saturated heterocycles. The number of unbranched alkanes of at least 4 members (excludes halogenated alkanes) is 2. The van der Waals surface area contributed by atoms with Crippen LogP contribution >= 0.6 is 0 Å². The van der Waals surface area contributed by atoms with Gasteiger partial charge in [-0.05, 0) is 20.3 Å².